The van der Waals surface area contributed by atoms with Crippen LogP contribution in [0.4, 0.5) is 19.1 Å². The van der Waals surface area contributed by atoms with Gasteiger partial charge in [-0.15, -0.1) is 0 Å². The van der Waals surface area contributed by atoms with Crippen molar-refractivity contribution in [2.75, 3.05) is 24.6 Å². The Labute approximate surface area is 119 Å². The number of aromatic nitrogens is 3. The highest BCUT2D eigenvalue weighted by Gasteiger charge is 2.26. The molecule has 0 radical (unpaired) electrons. The van der Waals surface area contributed by atoms with E-state index in [9.17, 15) is 13.2 Å². The molecule has 1 saturated heterocycles. The van der Waals surface area contributed by atoms with Crippen LogP contribution in [0, 0.1) is 0 Å². The zero-order valence-corrected chi connectivity index (χ0v) is 11.4. The largest absolute Gasteiger partial charge is 0.463 e. The molecule has 1 aliphatic rings. The highest BCUT2D eigenvalue weighted by molar-refractivity contribution is 6.28. The van der Waals surface area contributed by atoms with Crippen molar-refractivity contribution in [3.63, 3.8) is 0 Å². The molecule has 5 nitrogen and oxygen atoms in total. The average molecular weight is 311 g/mol. The number of nitrogens with zero attached hydrogens (tertiary/aromatic N) is 4. The van der Waals surface area contributed by atoms with Crippen molar-refractivity contribution in [3.05, 3.63) is 5.28 Å². The first kappa shape index (κ1) is 15.1. The first-order valence-electron chi connectivity index (χ1n) is 6.30. The molecule has 0 bridgehead atoms. The van der Waals surface area contributed by atoms with E-state index in [2.05, 4.69) is 15.0 Å². The summed E-state index contributed by atoms with van der Waals surface area (Å²) in [5.41, 5.74) is 0. The lowest BCUT2D eigenvalue weighted by Gasteiger charge is -2.15. The quantitative estimate of drug-likeness (QED) is 0.783. The van der Waals surface area contributed by atoms with Gasteiger partial charge in [-0.25, -0.2) is 0 Å². The fourth-order valence-electron chi connectivity index (χ4n) is 1.88. The first-order valence-corrected chi connectivity index (χ1v) is 6.68. The molecule has 0 aromatic carbocycles. The predicted octanol–water partition coefficient (Wildman–Crippen LogP) is 2.85. The number of halogens is 4. The Morgan fingerprint density at radius 3 is 2.50 bits per heavy atom. The fraction of sp³-hybridized carbons (Fsp3) is 0.727. The zero-order valence-electron chi connectivity index (χ0n) is 10.7. The SMILES string of the molecule is FC(F)(F)CCCOc1nc(Cl)nc(N2CCCC2)n1. The number of ether oxygens (including phenoxy) is 1. The van der Waals surface area contributed by atoms with Crippen LogP contribution in [0.2, 0.25) is 5.28 Å². The molecule has 0 aliphatic carbocycles. The van der Waals surface area contributed by atoms with Gasteiger partial charge in [-0.2, -0.15) is 28.1 Å². The highest BCUT2D eigenvalue weighted by Crippen LogP contribution is 2.22. The average Bonchev–Trinajstić information content (AvgIpc) is 2.86. The summed E-state index contributed by atoms with van der Waals surface area (Å²) < 4.78 is 41.1. The second-order valence-corrected chi connectivity index (χ2v) is 4.79. The summed E-state index contributed by atoms with van der Waals surface area (Å²) >= 11 is 5.76. The minimum atomic E-state index is -4.18. The highest BCUT2D eigenvalue weighted by atomic mass is 35.5. The second kappa shape index (κ2) is 6.43. The van der Waals surface area contributed by atoms with E-state index in [1.807, 2.05) is 4.90 Å². The van der Waals surface area contributed by atoms with E-state index in [0.29, 0.717) is 5.95 Å². The summed E-state index contributed by atoms with van der Waals surface area (Å²) in [6.45, 7) is 1.54. The summed E-state index contributed by atoms with van der Waals surface area (Å²) in [4.78, 5) is 13.8. The topological polar surface area (TPSA) is 51.1 Å². The van der Waals surface area contributed by atoms with E-state index >= 15 is 0 Å². The molecule has 1 fully saturated rings. The van der Waals surface area contributed by atoms with Gasteiger partial charge in [0.25, 0.3) is 0 Å². The smallest absolute Gasteiger partial charge is 0.389 e. The Balaban J connectivity index is 1.91. The molecule has 0 saturated carbocycles. The van der Waals surface area contributed by atoms with Crippen LogP contribution in [-0.2, 0) is 0 Å². The first-order chi connectivity index (χ1) is 9.44. The summed E-state index contributed by atoms with van der Waals surface area (Å²) in [5.74, 6) is 0.410. The molecule has 1 aromatic heterocycles. The van der Waals surface area contributed by atoms with Gasteiger partial charge in [0.1, 0.15) is 0 Å². The van der Waals surface area contributed by atoms with Gasteiger partial charge in [0, 0.05) is 19.5 Å². The van der Waals surface area contributed by atoms with Gasteiger partial charge in [-0.3, -0.25) is 0 Å². The molecular formula is C11H14ClF3N4O. The van der Waals surface area contributed by atoms with Gasteiger partial charge in [-0.05, 0) is 30.9 Å². The molecule has 2 heterocycles. The number of hydrogen-bond donors (Lipinski definition) is 0. The van der Waals surface area contributed by atoms with Gasteiger partial charge in [0.15, 0.2) is 0 Å². The lowest BCUT2D eigenvalue weighted by Crippen LogP contribution is -2.21. The van der Waals surface area contributed by atoms with Gasteiger partial charge in [0.05, 0.1) is 6.61 Å². The summed E-state index contributed by atoms with van der Waals surface area (Å²) in [6.07, 6.45) is -3.13. The van der Waals surface area contributed by atoms with E-state index in [1.165, 1.54) is 0 Å². The van der Waals surface area contributed by atoms with Crippen molar-refractivity contribution in [1.82, 2.24) is 15.0 Å². The van der Waals surface area contributed by atoms with Crippen molar-refractivity contribution in [1.29, 1.82) is 0 Å². The third kappa shape index (κ3) is 4.66. The van der Waals surface area contributed by atoms with Crippen LogP contribution in [0.25, 0.3) is 0 Å². The lowest BCUT2D eigenvalue weighted by atomic mass is 10.3. The van der Waals surface area contributed by atoms with Crippen LogP contribution in [0.5, 0.6) is 6.01 Å². The van der Waals surface area contributed by atoms with Crippen molar-refractivity contribution >= 4 is 17.5 Å². The molecular weight excluding hydrogens is 297 g/mol. The van der Waals surface area contributed by atoms with E-state index in [1.54, 1.807) is 0 Å². The molecule has 0 unspecified atom stereocenters. The Morgan fingerprint density at radius 2 is 1.85 bits per heavy atom. The molecule has 9 heteroatoms. The van der Waals surface area contributed by atoms with Crippen molar-refractivity contribution in [2.45, 2.75) is 31.9 Å². The minimum absolute atomic E-state index is 0.0206. The summed E-state index contributed by atoms with van der Waals surface area (Å²) in [6, 6.07) is -0.0333. The predicted molar refractivity (Wildman–Crippen MR) is 67.1 cm³/mol. The Morgan fingerprint density at radius 1 is 1.15 bits per heavy atom. The number of hydrogen-bond acceptors (Lipinski definition) is 5. The lowest BCUT2D eigenvalue weighted by molar-refractivity contribution is -0.136. The number of anilines is 1. The monoisotopic (exact) mass is 310 g/mol. The number of alkyl halides is 3. The maximum absolute atomic E-state index is 12.0. The summed E-state index contributed by atoms with van der Waals surface area (Å²) in [7, 11) is 0. The van der Waals surface area contributed by atoms with Crippen LogP contribution >= 0.6 is 11.6 Å². The van der Waals surface area contributed by atoms with E-state index in [-0.39, 0.29) is 24.3 Å². The van der Waals surface area contributed by atoms with E-state index in [0.717, 1.165) is 25.9 Å². The summed E-state index contributed by atoms with van der Waals surface area (Å²) in [5, 5.41) is -0.0206. The van der Waals surface area contributed by atoms with Gasteiger partial charge in [0.2, 0.25) is 11.2 Å². The third-order valence-corrected chi connectivity index (χ3v) is 2.97. The maximum Gasteiger partial charge on any atom is 0.389 e. The molecule has 2 rings (SSSR count). The van der Waals surface area contributed by atoms with Gasteiger partial charge in [-0.1, -0.05) is 0 Å². The van der Waals surface area contributed by atoms with Crippen molar-refractivity contribution in [3.8, 4) is 6.01 Å². The second-order valence-electron chi connectivity index (χ2n) is 4.45. The van der Waals surface area contributed by atoms with Crippen molar-refractivity contribution in [2.24, 2.45) is 0 Å². The van der Waals surface area contributed by atoms with Crippen LogP contribution in [0.1, 0.15) is 25.7 Å². The van der Waals surface area contributed by atoms with Gasteiger partial charge < -0.3 is 9.64 Å². The molecule has 0 N–H and O–H groups in total. The van der Waals surface area contributed by atoms with E-state index in [4.69, 9.17) is 16.3 Å². The molecule has 112 valence electrons. The Hall–Kier alpha value is -1.31. The third-order valence-electron chi connectivity index (χ3n) is 2.80. The molecule has 1 aliphatic heterocycles. The normalized spacial score (nSPS) is 15.7. The maximum atomic E-state index is 12.0. The van der Waals surface area contributed by atoms with Crippen LogP contribution in [-0.4, -0.2) is 40.8 Å². The van der Waals surface area contributed by atoms with E-state index < -0.39 is 12.6 Å². The minimum Gasteiger partial charge on any atom is -0.463 e. The van der Waals surface area contributed by atoms with Crippen LogP contribution in [0.15, 0.2) is 0 Å². The van der Waals surface area contributed by atoms with Crippen molar-refractivity contribution < 1.29 is 17.9 Å². The molecule has 0 atom stereocenters. The fourth-order valence-corrected chi connectivity index (χ4v) is 2.03. The molecule has 0 spiro atoms. The van der Waals surface area contributed by atoms with Gasteiger partial charge >= 0.3 is 12.2 Å². The molecule has 1 aromatic rings. The zero-order chi connectivity index (χ0) is 14.6. The Kier molecular flexibility index (Phi) is 4.85. The standard InChI is InChI=1S/C11H14ClF3N4O/c12-8-16-9(19-5-1-2-6-19)18-10(17-8)20-7-3-4-11(13,14)15/h1-7H2. The molecule has 0 amide bonds. The molecule has 20 heavy (non-hydrogen) atoms. The van der Waals surface area contributed by atoms with Crippen LogP contribution in [0.3, 0.4) is 0 Å². The van der Waals surface area contributed by atoms with Crippen LogP contribution < -0.4 is 9.64 Å². The number of rotatable bonds is 5. The Bertz CT molecular complexity index is 452.